The molecule has 1 heterocycles. The van der Waals surface area contributed by atoms with Crippen LogP contribution >= 0.6 is 23.2 Å². The highest BCUT2D eigenvalue weighted by Crippen LogP contribution is 2.32. The molecule has 0 radical (unpaired) electrons. The molecule has 0 aliphatic carbocycles. The molecule has 2 atom stereocenters. The standard InChI is InChI=1S/C12H14Cl2FNO3S/c1-7-6-16(5-4-9(7)17)20(18,19)10-3-2-8(13)12(15)11(10)14/h2-3,7,9,17H,4-6H2,1H3/t7-,9+/m0/s1. The van der Waals surface area contributed by atoms with E-state index in [2.05, 4.69) is 0 Å². The normalized spacial score (nSPS) is 24.9. The van der Waals surface area contributed by atoms with Crippen LogP contribution in [0.1, 0.15) is 13.3 Å². The fraction of sp³-hybridized carbons (Fsp3) is 0.500. The third-order valence-corrected chi connectivity index (χ3v) is 6.12. The van der Waals surface area contributed by atoms with E-state index in [9.17, 15) is 17.9 Å². The molecule has 1 saturated heterocycles. The van der Waals surface area contributed by atoms with Gasteiger partial charge >= 0.3 is 0 Å². The molecule has 1 aromatic carbocycles. The van der Waals surface area contributed by atoms with Crippen LogP contribution < -0.4 is 0 Å². The average Bonchev–Trinajstić information content (AvgIpc) is 2.38. The van der Waals surface area contributed by atoms with Crippen molar-refractivity contribution >= 4 is 33.2 Å². The Bertz CT molecular complexity index is 623. The second kappa shape index (κ2) is 5.77. The molecule has 0 spiro atoms. The van der Waals surface area contributed by atoms with Crippen molar-refractivity contribution in [2.24, 2.45) is 5.92 Å². The number of aliphatic hydroxyl groups is 1. The van der Waals surface area contributed by atoms with E-state index in [1.807, 2.05) is 0 Å². The molecule has 1 aliphatic rings. The van der Waals surface area contributed by atoms with Crippen molar-refractivity contribution < 1.29 is 17.9 Å². The fourth-order valence-corrected chi connectivity index (χ4v) is 4.43. The predicted molar refractivity (Wildman–Crippen MR) is 75.0 cm³/mol. The van der Waals surface area contributed by atoms with Crippen LogP contribution in [0.2, 0.25) is 10.0 Å². The highest BCUT2D eigenvalue weighted by atomic mass is 35.5. The Morgan fingerprint density at radius 2 is 2.05 bits per heavy atom. The number of sulfonamides is 1. The van der Waals surface area contributed by atoms with E-state index in [1.54, 1.807) is 6.92 Å². The number of benzene rings is 1. The summed E-state index contributed by atoms with van der Waals surface area (Å²) in [5.41, 5.74) is 0. The van der Waals surface area contributed by atoms with Crippen LogP contribution in [0.4, 0.5) is 4.39 Å². The third-order valence-electron chi connectivity index (χ3n) is 3.44. The van der Waals surface area contributed by atoms with Gasteiger partial charge in [-0.1, -0.05) is 30.1 Å². The van der Waals surface area contributed by atoms with Gasteiger partial charge in [-0.25, -0.2) is 12.8 Å². The molecule has 20 heavy (non-hydrogen) atoms. The summed E-state index contributed by atoms with van der Waals surface area (Å²) in [5, 5.41) is 8.91. The van der Waals surface area contributed by atoms with Gasteiger partial charge in [-0.05, 0) is 24.5 Å². The lowest BCUT2D eigenvalue weighted by Gasteiger charge is -2.33. The van der Waals surface area contributed by atoms with Gasteiger partial charge in [0.15, 0.2) is 5.82 Å². The van der Waals surface area contributed by atoms with Gasteiger partial charge in [-0.15, -0.1) is 0 Å². The summed E-state index contributed by atoms with van der Waals surface area (Å²) in [6.07, 6.45) is -0.187. The molecule has 0 bridgehead atoms. The van der Waals surface area contributed by atoms with Crippen LogP contribution in [0, 0.1) is 11.7 Å². The van der Waals surface area contributed by atoms with E-state index >= 15 is 0 Å². The zero-order valence-electron chi connectivity index (χ0n) is 10.7. The van der Waals surface area contributed by atoms with Crippen molar-refractivity contribution in [1.29, 1.82) is 0 Å². The first-order chi connectivity index (χ1) is 9.25. The molecule has 1 fully saturated rings. The zero-order chi connectivity index (χ0) is 15.1. The molecule has 1 aliphatic heterocycles. The van der Waals surface area contributed by atoms with Crippen LogP contribution in [0.5, 0.6) is 0 Å². The number of rotatable bonds is 2. The summed E-state index contributed by atoms with van der Waals surface area (Å²) < 4.78 is 39.8. The van der Waals surface area contributed by atoms with Crippen molar-refractivity contribution in [3.05, 3.63) is 28.0 Å². The summed E-state index contributed by atoms with van der Waals surface area (Å²) >= 11 is 11.3. The first-order valence-electron chi connectivity index (χ1n) is 6.07. The summed E-state index contributed by atoms with van der Waals surface area (Å²) in [6, 6.07) is 2.36. The predicted octanol–water partition coefficient (Wildman–Crippen LogP) is 2.52. The van der Waals surface area contributed by atoms with Gasteiger partial charge < -0.3 is 5.11 Å². The fourth-order valence-electron chi connectivity index (χ4n) is 2.16. The molecule has 2 rings (SSSR count). The lowest BCUT2D eigenvalue weighted by Crippen LogP contribution is -2.44. The van der Waals surface area contributed by atoms with Crippen molar-refractivity contribution in [3.8, 4) is 0 Å². The molecule has 0 aromatic heterocycles. The summed E-state index contributed by atoms with van der Waals surface area (Å²) in [6.45, 7) is 2.11. The first-order valence-corrected chi connectivity index (χ1v) is 8.26. The smallest absolute Gasteiger partial charge is 0.244 e. The molecule has 8 heteroatoms. The lowest BCUT2D eigenvalue weighted by molar-refractivity contribution is 0.0628. The molecular weight excluding hydrogens is 328 g/mol. The molecule has 1 aromatic rings. The maximum absolute atomic E-state index is 13.6. The van der Waals surface area contributed by atoms with E-state index < -0.39 is 27.0 Å². The quantitative estimate of drug-likeness (QED) is 0.841. The Balaban J connectivity index is 2.39. The largest absolute Gasteiger partial charge is 0.393 e. The third kappa shape index (κ3) is 2.80. The molecular formula is C12H14Cl2FNO3S. The molecule has 1 N–H and O–H groups in total. The van der Waals surface area contributed by atoms with Gasteiger partial charge in [-0.2, -0.15) is 4.31 Å². The van der Waals surface area contributed by atoms with Crippen molar-refractivity contribution in [1.82, 2.24) is 4.31 Å². The molecule has 4 nitrogen and oxygen atoms in total. The lowest BCUT2D eigenvalue weighted by atomic mass is 9.99. The Hall–Kier alpha value is -0.400. The minimum absolute atomic E-state index is 0.171. The highest BCUT2D eigenvalue weighted by molar-refractivity contribution is 7.89. The number of hydrogen-bond donors (Lipinski definition) is 1. The van der Waals surface area contributed by atoms with Crippen LogP contribution in [0.25, 0.3) is 0 Å². The van der Waals surface area contributed by atoms with Gasteiger partial charge in [0, 0.05) is 13.1 Å². The van der Waals surface area contributed by atoms with E-state index in [-0.39, 0.29) is 28.9 Å². The Morgan fingerprint density at radius 3 is 2.65 bits per heavy atom. The number of piperidine rings is 1. The van der Waals surface area contributed by atoms with Gasteiger partial charge in [0.1, 0.15) is 4.90 Å². The number of nitrogens with zero attached hydrogens (tertiary/aromatic N) is 1. The van der Waals surface area contributed by atoms with Gasteiger partial charge in [-0.3, -0.25) is 0 Å². The summed E-state index contributed by atoms with van der Waals surface area (Å²) in [5.74, 6) is -1.13. The van der Waals surface area contributed by atoms with Gasteiger partial charge in [0.25, 0.3) is 0 Å². The van der Waals surface area contributed by atoms with E-state index in [4.69, 9.17) is 23.2 Å². The van der Waals surface area contributed by atoms with Crippen LogP contribution in [0.15, 0.2) is 17.0 Å². The number of hydrogen-bond acceptors (Lipinski definition) is 3. The average molecular weight is 342 g/mol. The van der Waals surface area contributed by atoms with Crippen molar-refractivity contribution in [2.75, 3.05) is 13.1 Å². The summed E-state index contributed by atoms with van der Waals surface area (Å²) in [4.78, 5) is -0.301. The first kappa shape index (κ1) is 16.0. The van der Waals surface area contributed by atoms with Crippen LogP contribution in [0.3, 0.4) is 0 Å². The van der Waals surface area contributed by atoms with E-state index in [1.165, 1.54) is 10.4 Å². The van der Waals surface area contributed by atoms with Crippen LogP contribution in [-0.4, -0.2) is 37.0 Å². The monoisotopic (exact) mass is 341 g/mol. The second-order valence-electron chi connectivity index (χ2n) is 4.87. The summed E-state index contributed by atoms with van der Waals surface area (Å²) in [7, 11) is -3.90. The topological polar surface area (TPSA) is 57.6 Å². The minimum Gasteiger partial charge on any atom is -0.393 e. The Labute approximate surface area is 127 Å². The van der Waals surface area contributed by atoms with E-state index in [0.29, 0.717) is 6.42 Å². The second-order valence-corrected chi connectivity index (χ2v) is 7.56. The molecule has 0 unspecified atom stereocenters. The highest BCUT2D eigenvalue weighted by Gasteiger charge is 2.34. The van der Waals surface area contributed by atoms with Crippen molar-refractivity contribution in [3.63, 3.8) is 0 Å². The minimum atomic E-state index is -3.90. The zero-order valence-corrected chi connectivity index (χ0v) is 13.0. The SMILES string of the molecule is C[C@H]1CN(S(=O)(=O)c2ccc(Cl)c(F)c2Cl)CC[C@H]1O. The van der Waals surface area contributed by atoms with Gasteiger partial charge in [0.05, 0.1) is 16.1 Å². The Morgan fingerprint density at radius 1 is 1.40 bits per heavy atom. The van der Waals surface area contributed by atoms with Crippen molar-refractivity contribution in [2.45, 2.75) is 24.3 Å². The maximum atomic E-state index is 13.6. The molecule has 0 amide bonds. The number of halogens is 3. The van der Waals surface area contributed by atoms with Crippen LogP contribution in [-0.2, 0) is 10.0 Å². The Kier molecular flexibility index (Phi) is 4.61. The van der Waals surface area contributed by atoms with E-state index in [0.717, 1.165) is 6.07 Å². The molecule has 112 valence electrons. The maximum Gasteiger partial charge on any atom is 0.244 e. The van der Waals surface area contributed by atoms with Gasteiger partial charge in [0.2, 0.25) is 10.0 Å². The number of aliphatic hydroxyl groups excluding tert-OH is 1. The molecule has 0 saturated carbocycles.